The monoisotopic (exact) mass is 240 g/mol. The van der Waals surface area contributed by atoms with Crippen molar-refractivity contribution in [1.29, 1.82) is 0 Å². The van der Waals surface area contributed by atoms with Crippen LogP contribution in [0.4, 0.5) is 0 Å². The molecule has 7 heteroatoms. The SMILES string of the molecule is Cc1ncc(CN2CCN/C2=C\[N+](=O)[O-])s1. The summed E-state index contributed by atoms with van der Waals surface area (Å²) in [4.78, 5) is 17.2. The molecular weight excluding hydrogens is 228 g/mol. The average molecular weight is 240 g/mol. The molecule has 1 aromatic rings. The summed E-state index contributed by atoms with van der Waals surface area (Å²) in [5.41, 5.74) is 0. The van der Waals surface area contributed by atoms with Gasteiger partial charge < -0.3 is 10.2 Å². The molecule has 1 aromatic heterocycles. The summed E-state index contributed by atoms with van der Waals surface area (Å²) in [5, 5.41) is 14.4. The molecule has 0 unspecified atom stereocenters. The molecule has 0 spiro atoms. The first-order valence-electron chi connectivity index (χ1n) is 4.90. The number of hydrogen-bond acceptors (Lipinski definition) is 6. The van der Waals surface area contributed by atoms with Crippen LogP contribution in [-0.4, -0.2) is 27.9 Å². The zero-order valence-corrected chi connectivity index (χ0v) is 9.66. The highest BCUT2D eigenvalue weighted by Gasteiger charge is 2.20. The fourth-order valence-electron chi connectivity index (χ4n) is 1.61. The summed E-state index contributed by atoms with van der Waals surface area (Å²) in [5.74, 6) is 0.580. The van der Waals surface area contributed by atoms with Crippen LogP contribution in [0.3, 0.4) is 0 Å². The number of hydrogen-bond donors (Lipinski definition) is 1. The fraction of sp³-hybridized carbons (Fsp3) is 0.444. The maximum atomic E-state index is 10.4. The zero-order chi connectivity index (χ0) is 11.5. The van der Waals surface area contributed by atoms with E-state index in [9.17, 15) is 10.1 Å². The van der Waals surface area contributed by atoms with Crippen LogP contribution in [0.2, 0.25) is 0 Å². The van der Waals surface area contributed by atoms with Gasteiger partial charge in [0.2, 0.25) is 0 Å². The van der Waals surface area contributed by atoms with Gasteiger partial charge in [0, 0.05) is 24.2 Å². The third-order valence-corrected chi connectivity index (χ3v) is 3.17. The van der Waals surface area contributed by atoms with Crippen LogP contribution in [-0.2, 0) is 6.54 Å². The summed E-state index contributed by atoms with van der Waals surface area (Å²) in [6.45, 7) is 4.16. The Kier molecular flexibility index (Phi) is 3.04. The molecule has 0 aliphatic carbocycles. The third kappa shape index (κ3) is 2.48. The van der Waals surface area contributed by atoms with Gasteiger partial charge in [-0.05, 0) is 6.92 Å². The molecule has 0 aromatic carbocycles. The van der Waals surface area contributed by atoms with Crippen molar-refractivity contribution in [2.45, 2.75) is 13.5 Å². The van der Waals surface area contributed by atoms with Gasteiger partial charge in [0.15, 0.2) is 5.82 Å². The topological polar surface area (TPSA) is 71.3 Å². The van der Waals surface area contributed by atoms with E-state index in [1.807, 2.05) is 18.0 Å². The lowest BCUT2D eigenvalue weighted by Gasteiger charge is -2.15. The maximum Gasteiger partial charge on any atom is 0.274 e. The lowest BCUT2D eigenvalue weighted by Crippen LogP contribution is -2.20. The number of aryl methyl sites for hydroxylation is 1. The van der Waals surface area contributed by atoms with Crippen LogP contribution < -0.4 is 5.32 Å². The Morgan fingerprint density at radius 2 is 2.62 bits per heavy atom. The summed E-state index contributed by atoms with van der Waals surface area (Å²) in [6, 6.07) is 0. The van der Waals surface area contributed by atoms with Crippen molar-refractivity contribution in [1.82, 2.24) is 15.2 Å². The van der Waals surface area contributed by atoms with Gasteiger partial charge in [0.1, 0.15) is 0 Å². The van der Waals surface area contributed by atoms with Gasteiger partial charge in [-0.15, -0.1) is 11.3 Å². The first-order chi connectivity index (χ1) is 7.65. The van der Waals surface area contributed by atoms with E-state index in [1.54, 1.807) is 11.3 Å². The minimum Gasteiger partial charge on any atom is -0.365 e. The normalized spacial score (nSPS) is 17.8. The highest BCUT2D eigenvalue weighted by molar-refractivity contribution is 7.11. The molecule has 1 aliphatic heterocycles. The van der Waals surface area contributed by atoms with E-state index in [0.29, 0.717) is 12.4 Å². The van der Waals surface area contributed by atoms with Crippen LogP contribution in [0, 0.1) is 17.0 Å². The second kappa shape index (κ2) is 4.48. The quantitative estimate of drug-likeness (QED) is 0.628. The van der Waals surface area contributed by atoms with Gasteiger partial charge in [-0.2, -0.15) is 0 Å². The molecule has 2 heterocycles. The molecule has 1 saturated heterocycles. The Labute approximate surface area is 96.7 Å². The van der Waals surface area contributed by atoms with Crippen molar-refractivity contribution in [3.8, 4) is 0 Å². The molecule has 2 rings (SSSR count). The van der Waals surface area contributed by atoms with Gasteiger partial charge in [0.25, 0.3) is 6.20 Å². The lowest BCUT2D eigenvalue weighted by molar-refractivity contribution is -0.404. The number of rotatable bonds is 3. The standard InChI is InChI=1S/C9H12N4O2S/c1-7-11-4-8(16-7)5-12-3-2-10-9(12)6-13(14)15/h4,6,10H,2-3,5H2,1H3/b9-6+. The molecule has 6 nitrogen and oxygen atoms in total. The number of nitro groups is 1. The maximum absolute atomic E-state index is 10.4. The predicted molar refractivity (Wildman–Crippen MR) is 60.3 cm³/mol. The predicted octanol–water partition coefficient (Wildman–Crippen LogP) is 0.932. The number of aromatic nitrogens is 1. The van der Waals surface area contributed by atoms with Gasteiger partial charge in [0.05, 0.1) is 16.5 Å². The average Bonchev–Trinajstić information content (AvgIpc) is 2.77. The van der Waals surface area contributed by atoms with E-state index in [0.717, 1.165) is 29.2 Å². The molecule has 1 fully saturated rings. The minimum absolute atomic E-state index is 0.432. The second-order valence-corrected chi connectivity index (χ2v) is 4.81. The summed E-state index contributed by atoms with van der Waals surface area (Å²) < 4.78 is 0. The van der Waals surface area contributed by atoms with Gasteiger partial charge >= 0.3 is 0 Å². The smallest absolute Gasteiger partial charge is 0.274 e. The Morgan fingerprint density at radius 3 is 3.25 bits per heavy atom. The first kappa shape index (κ1) is 10.9. The Balaban J connectivity index is 2.06. The van der Waals surface area contributed by atoms with Crippen molar-refractivity contribution >= 4 is 11.3 Å². The highest BCUT2D eigenvalue weighted by Crippen LogP contribution is 2.17. The molecule has 0 atom stereocenters. The molecule has 0 amide bonds. The van der Waals surface area contributed by atoms with E-state index >= 15 is 0 Å². The van der Waals surface area contributed by atoms with Crippen LogP contribution >= 0.6 is 11.3 Å². The lowest BCUT2D eigenvalue weighted by atomic mass is 10.4. The van der Waals surface area contributed by atoms with Gasteiger partial charge in [-0.3, -0.25) is 10.1 Å². The molecule has 0 saturated carbocycles. The minimum atomic E-state index is -0.432. The number of nitrogens with one attached hydrogen (secondary N) is 1. The molecule has 1 N–H and O–H groups in total. The van der Waals surface area contributed by atoms with Crippen molar-refractivity contribution in [3.05, 3.63) is 38.2 Å². The van der Waals surface area contributed by atoms with Crippen LogP contribution in [0.1, 0.15) is 9.88 Å². The fourth-order valence-corrected chi connectivity index (χ4v) is 2.42. The van der Waals surface area contributed by atoms with Gasteiger partial charge in [-0.25, -0.2) is 4.98 Å². The van der Waals surface area contributed by atoms with E-state index in [4.69, 9.17) is 0 Å². The molecule has 86 valence electrons. The third-order valence-electron chi connectivity index (χ3n) is 2.27. The van der Waals surface area contributed by atoms with Crippen molar-refractivity contribution in [2.75, 3.05) is 13.1 Å². The molecule has 16 heavy (non-hydrogen) atoms. The summed E-state index contributed by atoms with van der Waals surface area (Å²) in [7, 11) is 0. The second-order valence-electron chi connectivity index (χ2n) is 3.49. The zero-order valence-electron chi connectivity index (χ0n) is 8.84. The van der Waals surface area contributed by atoms with Crippen molar-refractivity contribution in [2.24, 2.45) is 0 Å². The Morgan fingerprint density at radius 1 is 1.81 bits per heavy atom. The van der Waals surface area contributed by atoms with Crippen LogP contribution in [0.15, 0.2) is 18.2 Å². The first-order valence-corrected chi connectivity index (χ1v) is 5.72. The van der Waals surface area contributed by atoms with Crippen molar-refractivity contribution < 1.29 is 4.92 Å². The van der Waals surface area contributed by atoms with Crippen LogP contribution in [0.25, 0.3) is 0 Å². The van der Waals surface area contributed by atoms with Gasteiger partial charge in [-0.1, -0.05) is 0 Å². The van der Waals surface area contributed by atoms with E-state index < -0.39 is 4.92 Å². The number of thiazole rings is 1. The number of nitrogens with zero attached hydrogens (tertiary/aromatic N) is 3. The van der Waals surface area contributed by atoms with Crippen LogP contribution in [0.5, 0.6) is 0 Å². The van der Waals surface area contributed by atoms with E-state index in [-0.39, 0.29) is 0 Å². The Bertz CT molecular complexity index is 429. The molecule has 0 bridgehead atoms. The molecular formula is C9H12N4O2S. The summed E-state index contributed by atoms with van der Waals surface area (Å²) >= 11 is 1.62. The van der Waals surface area contributed by atoms with E-state index in [1.165, 1.54) is 0 Å². The summed E-state index contributed by atoms with van der Waals surface area (Å²) in [6.07, 6.45) is 2.84. The molecule has 1 aliphatic rings. The Hall–Kier alpha value is -1.63. The molecule has 0 radical (unpaired) electrons. The highest BCUT2D eigenvalue weighted by atomic mass is 32.1. The largest absolute Gasteiger partial charge is 0.365 e. The van der Waals surface area contributed by atoms with E-state index in [2.05, 4.69) is 10.3 Å². The van der Waals surface area contributed by atoms with Crippen molar-refractivity contribution in [3.63, 3.8) is 0 Å².